The first-order valence-corrected chi connectivity index (χ1v) is 7.83. The molecule has 1 aromatic rings. The van der Waals surface area contributed by atoms with E-state index in [0.29, 0.717) is 0 Å². The third-order valence-corrected chi connectivity index (χ3v) is 4.14. The van der Waals surface area contributed by atoms with Gasteiger partial charge < -0.3 is 17.1 Å². The van der Waals surface area contributed by atoms with Crippen molar-refractivity contribution in [2.24, 2.45) is 0 Å². The number of aromatic hydroxyl groups is 1. The summed E-state index contributed by atoms with van der Waals surface area (Å²) in [5.74, 6) is 0.0503. The third-order valence-electron chi connectivity index (χ3n) is 1.17. The molecule has 1 unspecified atom stereocenters. The van der Waals surface area contributed by atoms with Crippen molar-refractivity contribution in [1.29, 1.82) is 0 Å². The van der Waals surface area contributed by atoms with Crippen LogP contribution in [-0.2, 0) is 3.74 Å². The molecule has 14 heavy (non-hydrogen) atoms. The van der Waals surface area contributed by atoms with E-state index in [2.05, 4.69) is 0 Å². The molecule has 9 N–H and O–H groups in total. The first-order chi connectivity index (χ1) is 5.00. The molecular weight excluding hydrogens is 276 g/mol. The second-order valence-electron chi connectivity index (χ2n) is 2.02. The van der Waals surface area contributed by atoms with Gasteiger partial charge in [-0.1, -0.05) is 0 Å². The van der Waals surface area contributed by atoms with Gasteiger partial charge >= 0.3 is 70.1 Å². The molecule has 0 heterocycles. The second kappa shape index (κ2) is 6.89. The van der Waals surface area contributed by atoms with Crippen molar-refractivity contribution in [2.45, 2.75) is 0 Å². The molecule has 0 aliphatic carbocycles. The standard InChI is InChI=1S/C6H6AsClO3.H3N.2H2O/c8-7(10,11)5-1-3-6(9)4-2-5;;;/h1-4,9H,(H,10,11);1H3;2*1H2. The van der Waals surface area contributed by atoms with Crippen molar-refractivity contribution in [3.63, 3.8) is 0 Å². The molecule has 1 atom stereocenters. The number of phenols is 1. The summed E-state index contributed by atoms with van der Waals surface area (Å²) in [5.41, 5.74) is 0. The van der Waals surface area contributed by atoms with Gasteiger partial charge in [0.05, 0.1) is 0 Å². The average Bonchev–Trinajstić information content (AvgIpc) is 1.86. The molecule has 0 radical (unpaired) electrons. The van der Waals surface area contributed by atoms with Gasteiger partial charge in [-0.2, -0.15) is 0 Å². The summed E-state index contributed by atoms with van der Waals surface area (Å²) >= 11 is -4.26. The van der Waals surface area contributed by atoms with Crippen LogP contribution < -0.4 is 10.5 Å². The first-order valence-electron chi connectivity index (χ1n) is 2.82. The van der Waals surface area contributed by atoms with E-state index in [1.165, 1.54) is 24.3 Å². The van der Waals surface area contributed by atoms with Gasteiger partial charge in [0.25, 0.3) is 0 Å². The van der Waals surface area contributed by atoms with Crippen LogP contribution >= 0.6 is 9.95 Å². The molecule has 0 aliphatic heterocycles. The zero-order chi connectivity index (χ0) is 8.48. The maximum absolute atomic E-state index is 10.8. The molecule has 0 amide bonds. The second-order valence-corrected chi connectivity index (χ2v) is 7.59. The SMILES string of the molecule is N.O.O.O=[As](O)(Cl)c1ccc(O)cc1. The Hall–Kier alpha value is -0.492. The van der Waals surface area contributed by atoms with Crippen molar-refractivity contribution in [3.8, 4) is 5.75 Å². The third kappa shape index (κ3) is 5.28. The van der Waals surface area contributed by atoms with E-state index in [-0.39, 0.29) is 27.2 Å². The van der Waals surface area contributed by atoms with Crippen LogP contribution in [0.1, 0.15) is 0 Å². The minimum absolute atomic E-state index is 0. The molecule has 0 aliphatic rings. The molecule has 0 bridgehead atoms. The quantitative estimate of drug-likeness (QED) is 0.550. The fourth-order valence-corrected chi connectivity index (χ4v) is 2.31. The van der Waals surface area contributed by atoms with Gasteiger partial charge in [-0.25, -0.2) is 0 Å². The predicted octanol–water partition coefficient (Wildman–Crippen LogP) is -1.29. The van der Waals surface area contributed by atoms with Gasteiger partial charge in [0, 0.05) is 0 Å². The Labute approximate surface area is 87.5 Å². The van der Waals surface area contributed by atoms with E-state index in [1.807, 2.05) is 0 Å². The van der Waals surface area contributed by atoms with Gasteiger partial charge in [0.15, 0.2) is 0 Å². The number of phenolic OH excluding ortho intramolecular Hbond substituents is 1. The maximum atomic E-state index is 10.8. The molecule has 0 saturated carbocycles. The number of benzene rings is 1. The Balaban J connectivity index is -0.000000403. The zero-order valence-electron chi connectivity index (χ0n) is 7.14. The van der Waals surface area contributed by atoms with Crippen molar-refractivity contribution in [1.82, 2.24) is 6.15 Å². The summed E-state index contributed by atoms with van der Waals surface area (Å²) < 4.78 is 19.9. The van der Waals surface area contributed by atoms with E-state index < -0.39 is 12.9 Å². The molecular formula is C6H13AsClNO5. The molecule has 0 spiro atoms. The predicted molar refractivity (Wildman–Crippen MR) is 54.5 cm³/mol. The van der Waals surface area contributed by atoms with E-state index in [1.54, 1.807) is 0 Å². The molecule has 1 aromatic carbocycles. The van der Waals surface area contributed by atoms with Gasteiger partial charge in [0.1, 0.15) is 0 Å². The summed E-state index contributed by atoms with van der Waals surface area (Å²) in [6, 6.07) is 5.31. The Morgan fingerprint density at radius 3 is 1.79 bits per heavy atom. The number of halogens is 1. The van der Waals surface area contributed by atoms with Crippen molar-refractivity contribution in [3.05, 3.63) is 24.3 Å². The van der Waals surface area contributed by atoms with E-state index in [4.69, 9.17) is 19.2 Å². The van der Waals surface area contributed by atoms with Crippen molar-refractivity contribution < 1.29 is 23.9 Å². The van der Waals surface area contributed by atoms with Crippen LogP contribution in [0.4, 0.5) is 0 Å². The van der Waals surface area contributed by atoms with Crippen molar-refractivity contribution >= 4 is 27.2 Å². The molecule has 0 fully saturated rings. The van der Waals surface area contributed by atoms with Gasteiger partial charge in [0.2, 0.25) is 0 Å². The fraction of sp³-hybridized carbons (Fsp3) is 0. The van der Waals surface area contributed by atoms with Crippen LogP contribution in [0.5, 0.6) is 5.75 Å². The summed E-state index contributed by atoms with van der Waals surface area (Å²) in [7, 11) is 5.20. The number of rotatable bonds is 1. The average molecular weight is 290 g/mol. The summed E-state index contributed by atoms with van der Waals surface area (Å²) in [6.45, 7) is 0. The topological polar surface area (TPSA) is 156 Å². The van der Waals surface area contributed by atoms with Crippen LogP contribution in [0.25, 0.3) is 0 Å². The normalized spacial score (nSPS) is 12.4. The van der Waals surface area contributed by atoms with Gasteiger partial charge in [-0.3, -0.25) is 0 Å². The van der Waals surface area contributed by atoms with Crippen LogP contribution in [0, 0.1) is 0 Å². The molecule has 6 nitrogen and oxygen atoms in total. The molecule has 84 valence electrons. The minimum atomic E-state index is -4.26. The Morgan fingerprint density at radius 2 is 1.50 bits per heavy atom. The molecule has 0 aromatic heterocycles. The van der Waals surface area contributed by atoms with Crippen LogP contribution in [-0.4, -0.2) is 33.0 Å². The zero-order valence-corrected chi connectivity index (χ0v) is 9.78. The molecule has 0 saturated heterocycles. The van der Waals surface area contributed by atoms with Crippen LogP contribution in [0.3, 0.4) is 0 Å². The van der Waals surface area contributed by atoms with Crippen LogP contribution in [0.15, 0.2) is 24.3 Å². The fourth-order valence-electron chi connectivity index (χ4n) is 0.637. The number of hydrogen-bond acceptors (Lipinski definition) is 3. The monoisotopic (exact) mass is 289 g/mol. The molecule has 8 heteroatoms. The summed E-state index contributed by atoms with van der Waals surface area (Å²) in [5, 5.41) is 8.81. The van der Waals surface area contributed by atoms with Crippen molar-refractivity contribution in [2.75, 3.05) is 0 Å². The van der Waals surface area contributed by atoms with Gasteiger partial charge in [-0.15, -0.1) is 0 Å². The van der Waals surface area contributed by atoms with E-state index >= 15 is 0 Å². The summed E-state index contributed by atoms with van der Waals surface area (Å²) in [6.07, 6.45) is 0. The number of hydrogen-bond donors (Lipinski definition) is 3. The van der Waals surface area contributed by atoms with E-state index in [9.17, 15) is 3.74 Å². The Bertz CT molecular complexity index is 298. The van der Waals surface area contributed by atoms with E-state index in [0.717, 1.165) is 0 Å². The van der Waals surface area contributed by atoms with Gasteiger partial charge in [-0.05, 0) is 0 Å². The van der Waals surface area contributed by atoms with Crippen LogP contribution in [0.2, 0.25) is 0 Å². The Morgan fingerprint density at radius 1 is 1.14 bits per heavy atom. The first kappa shape index (κ1) is 19.1. The molecule has 1 rings (SSSR count). The Kier molecular flexibility index (Phi) is 9.42. The summed E-state index contributed by atoms with van der Waals surface area (Å²) in [4.78, 5) is 0.